The number of allylic oxidation sites excluding steroid dienone is 2. The van der Waals surface area contributed by atoms with Crippen LogP contribution in [0.3, 0.4) is 0 Å². The fraction of sp³-hybridized carbons (Fsp3) is 0.473. The zero-order valence-electron chi connectivity index (χ0n) is 46.5. The zero-order chi connectivity index (χ0) is 59.4. The first-order valence-electron chi connectivity index (χ1n) is 27.4. The van der Waals surface area contributed by atoms with Gasteiger partial charge in [0, 0.05) is 63.7 Å². The molecule has 0 atom stereocenters. The second kappa shape index (κ2) is 24.6. The van der Waals surface area contributed by atoms with Crippen LogP contribution in [0.4, 0.5) is 53.9 Å². The number of piperazine rings is 2. The molecule has 4 aliphatic rings. The van der Waals surface area contributed by atoms with Crippen molar-refractivity contribution >= 4 is 63.7 Å². The van der Waals surface area contributed by atoms with Crippen molar-refractivity contribution in [3.8, 4) is 0 Å². The van der Waals surface area contributed by atoms with Crippen LogP contribution in [-0.2, 0) is 62.1 Å². The van der Waals surface area contributed by atoms with Crippen molar-refractivity contribution in [1.82, 2.24) is 48.5 Å². The Bertz CT molecular complexity index is 3550. The normalized spacial score (nSPS) is 16.1. The van der Waals surface area contributed by atoms with Gasteiger partial charge in [-0.25, -0.2) is 4.79 Å². The van der Waals surface area contributed by atoms with Crippen LogP contribution >= 0.6 is 0 Å². The average molecular weight is 1160 g/mol. The minimum atomic E-state index is -4.50. The summed E-state index contributed by atoms with van der Waals surface area (Å²) in [5.41, 5.74) is -0.689. The van der Waals surface area contributed by atoms with E-state index in [1.807, 2.05) is 35.8 Å². The lowest BCUT2D eigenvalue weighted by atomic mass is 10.2. The van der Waals surface area contributed by atoms with Gasteiger partial charge in [-0.2, -0.15) is 45.3 Å². The maximum absolute atomic E-state index is 14.0. The largest absolute Gasteiger partial charge is 0.490 e. The molecule has 0 spiro atoms. The lowest BCUT2D eigenvalue weighted by Crippen LogP contribution is -2.51. The van der Waals surface area contributed by atoms with Gasteiger partial charge in [-0.15, -0.1) is 10.2 Å². The minimum Gasteiger partial charge on any atom is -0.490 e. The van der Waals surface area contributed by atoms with E-state index < -0.39 is 52.5 Å². The number of hydrogen-bond acceptors (Lipinski definition) is 15. The molecule has 6 aromatic rings. The molecule has 22 nitrogen and oxygen atoms in total. The van der Waals surface area contributed by atoms with Crippen LogP contribution in [0.1, 0.15) is 94.5 Å². The Morgan fingerprint density at radius 3 is 1.39 bits per heavy atom. The predicted octanol–water partition coefficient (Wildman–Crippen LogP) is 6.99. The molecule has 28 heteroatoms. The van der Waals surface area contributed by atoms with Gasteiger partial charge in [0.1, 0.15) is 30.1 Å². The van der Waals surface area contributed by atoms with Crippen molar-refractivity contribution < 1.29 is 54.9 Å². The molecule has 10 rings (SSSR count). The third-order valence-corrected chi connectivity index (χ3v) is 13.9. The van der Waals surface area contributed by atoms with E-state index in [0.29, 0.717) is 113 Å². The lowest BCUT2D eigenvalue weighted by molar-refractivity contribution is -0.138. The molecule has 0 radical (unpaired) electrons. The fourth-order valence-corrected chi connectivity index (χ4v) is 10.00. The smallest absolute Gasteiger partial charge is 0.416 e. The summed E-state index contributed by atoms with van der Waals surface area (Å²) in [5, 5.41) is 17.5. The van der Waals surface area contributed by atoms with Crippen LogP contribution in [0, 0.1) is 0 Å². The molecule has 3 N–H and O–H groups in total. The van der Waals surface area contributed by atoms with Crippen molar-refractivity contribution in [3.05, 3.63) is 116 Å². The van der Waals surface area contributed by atoms with Gasteiger partial charge < -0.3 is 54.0 Å². The number of alkyl halides is 6. The van der Waals surface area contributed by atoms with Gasteiger partial charge in [-0.05, 0) is 120 Å². The molecule has 83 heavy (non-hydrogen) atoms. The van der Waals surface area contributed by atoms with Gasteiger partial charge >= 0.3 is 18.4 Å². The van der Waals surface area contributed by atoms with Crippen LogP contribution in [0.25, 0.3) is 23.1 Å². The van der Waals surface area contributed by atoms with Crippen LogP contribution < -0.4 is 36.9 Å². The van der Waals surface area contributed by atoms with E-state index in [9.17, 15) is 50.3 Å². The van der Waals surface area contributed by atoms with E-state index in [0.717, 1.165) is 54.5 Å². The van der Waals surface area contributed by atoms with Crippen LogP contribution in [-0.4, -0.2) is 132 Å². The molecule has 0 aliphatic carbocycles. The van der Waals surface area contributed by atoms with Crippen LogP contribution in [0.15, 0.2) is 70.3 Å². The molecule has 444 valence electrons. The Hall–Kier alpha value is -8.43. The SMILES string of the molecule is CCc1c(N2CCN(C(=O)OC(C)(C)C)CC2)c(=O)n2nc(C3=CCCCO3)nc2n1CC(=O)Nc1ccc(C(F)(F)F)cc1.CCc1c(N2CCNCC2)c(=O)n2nc(C3=CCCCO3)nc2n1CC(=O)Nc1ccc(C(F)(F)F)cc1. The highest BCUT2D eigenvalue weighted by Crippen LogP contribution is 2.32. The Kier molecular flexibility index (Phi) is 17.5. The van der Waals surface area contributed by atoms with Gasteiger partial charge in [-0.1, -0.05) is 13.8 Å². The molecular weight excluding hydrogens is 1100 g/mol. The first kappa shape index (κ1) is 59.2. The highest BCUT2D eigenvalue weighted by molar-refractivity contribution is 5.91. The number of aromatic nitrogens is 8. The Labute approximate surface area is 471 Å². The highest BCUT2D eigenvalue weighted by Gasteiger charge is 2.34. The molecule has 0 saturated carbocycles. The van der Waals surface area contributed by atoms with Gasteiger partial charge in [0.15, 0.2) is 11.5 Å². The molecule has 0 unspecified atom stereocenters. The third-order valence-electron chi connectivity index (χ3n) is 13.9. The summed E-state index contributed by atoms with van der Waals surface area (Å²) >= 11 is 0. The number of benzene rings is 2. The Balaban J connectivity index is 0.000000202. The maximum atomic E-state index is 14.0. The number of carbonyl (C=O) groups excluding carboxylic acids is 3. The standard InChI is InChI=1S/C30H36F3N7O5.C25H28F3N7O3/c1-5-21-24(37-13-15-38(16-14-37)28(43)45-29(2,3)4)26(42)40-27(35-25(36-40)22-8-6-7-17-44-22)39(21)18-23(41)34-20-11-9-19(10-12-20)30(31,32)33;1-2-18-21(33-12-10-29-11-13-33)23(37)35-24(31-22(32-35)19-5-3-4-14-38-19)34(18)15-20(36)30-17-8-6-16(7-9-17)25(26,27)28/h8-12H,5-7,13-18H2,1-4H3,(H,34,41);5-9,29H,2-4,10-15H2,1H3,(H,30,36). The average Bonchev–Trinajstić information content (AvgIpc) is 2.49. The topological polar surface area (TPSA) is 229 Å². The number of ether oxygens (including phenoxy) is 3. The Morgan fingerprint density at radius 2 is 1.02 bits per heavy atom. The molecule has 2 saturated heterocycles. The van der Waals surface area contributed by atoms with Gasteiger partial charge in [0.2, 0.25) is 35.0 Å². The number of nitrogens with one attached hydrogen (secondary N) is 3. The second-order valence-corrected chi connectivity index (χ2v) is 20.9. The predicted molar refractivity (Wildman–Crippen MR) is 295 cm³/mol. The van der Waals surface area contributed by atoms with Gasteiger partial charge in [-0.3, -0.25) is 19.2 Å². The number of carbonyl (C=O) groups is 3. The fourth-order valence-electron chi connectivity index (χ4n) is 10.00. The molecule has 3 amide bonds. The maximum Gasteiger partial charge on any atom is 0.416 e. The summed E-state index contributed by atoms with van der Waals surface area (Å²) in [6.07, 6.45) is -1.61. The molecule has 2 fully saturated rings. The van der Waals surface area contributed by atoms with Crippen molar-refractivity contribution in [3.63, 3.8) is 0 Å². The number of rotatable bonds is 12. The molecule has 4 aliphatic heterocycles. The number of halogens is 6. The molecule has 4 aromatic heterocycles. The number of nitrogens with zero attached hydrogens (tertiary/aromatic N) is 11. The first-order valence-corrected chi connectivity index (χ1v) is 27.4. The van der Waals surface area contributed by atoms with Gasteiger partial charge in [0.25, 0.3) is 11.1 Å². The minimum absolute atomic E-state index is 0.126. The van der Waals surface area contributed by atoms with E-state index >= 15 is 0 Å². The summed E-state index contributed by atoms with van der Waals surface area (Å²) in [7, 11) is 0. The molecular formula is C55H64F6N14O8. The summed E-state index contributed by atoms with van der Waals surface area (Å²) < 4.78 is 100. The number of fused-ring (bicyclic) bond motifs is 2. The van der Waals surface area contributed by atoms with E-state index in [2.05, 4.69) is 36.1 Å². The number of amides is 3. The summed E-state index contributed by atoms with van der Waals surface area (Å²) in [6, 6.07) is 8.38. The quantitative estimate of drug-likeness (QED) is 0.105. The molecule has 8 heterocycles. The third kappa shape index (κ3) is 13.6. The zero-order valence-corrected chi connectivity index (χ0v) is 46.5. The number of anilines is 4. The highest BCUT2D eigenvalue weighted by atomic mass is 19.4. The van der Waals surface area contributed by atoms with E-state index in [1.165, 1.54) is 28.8 Å². The monoisotopic (exact) mass is 1160 g/mol. The summed E-state index contributed by atoms with van der Waals surface area (Å²) in [5.74, 6) is 0.703. The second-order valence-electron chi connectivity index (χ2n) is 20.9. The number of hydrogen-bond donors (Lipinski definition) is 3. The van der Waals surface area contributed by atoms with Crippen molar-refractivity contribution in [2.75, 3.05) is 86.0 Å². The van der Waals surface area contributed by atoms with Crippen molar-refractivity contribution in [1.29, 1.82) is 0 Å². The van der Waals surface area contributed by atoms with E-state index in [4.69, 9.17) is 14.2 Å². The van der Waals surface area contributed by atoms with Crippen molar-refractivity contribution in [2.24, 2.45) is 0 Å². The van der Waals surface area contributed by atoms with E-state index in [-0.39, 0.29) is 53.2 Å². The van der Waals surface area contributed by atoms with Crippen LogP contribution in [0.2, 0.25) is 0 Å². The first-order chi connectivity index (χ1) is 39.5. The van der Waals surface area contributed by atoms with Crippen molar-refractivity contribution in [2.45, 2.75) is 104 Å². The van der Waals surface area contributed by atoms with Crippen LogP contribution in [0.5, 0.6) is 0 Å². The Morgan fingerprint density at radius 1 is 0.614 bits per heavy atom. The lowest BCUT2D eigenvalue weighted by Gasteiger charge is -2.37. The summed E-state index contributed by atoms with van der Waals surface area (Å²) in [6.45, 7) is 13.5. The molecule has 0 bridgehead atoms. The van der Waals surface area contributed by atoms with Gasteiger partial charge in [0.05, 0.1) is 35.7 Å². The summed E-state index contributed by atoms with van der Waals surface area (Å²) in [4.78, 5) is 81.3. The molecule has 2 aromatic carbocycles. The van der Waals surface area contributed by atoms with E-state index in [1.54, 1.807) is 34.8 Å².